The molecule has 0 atom stereocenters. The predicted molar refractivity (Wildman–Crippen MR) is 85.7 cm³/mol. The van der Waals surface area contributed by atoms with Crippen LogP contribution in [0.15, 0.2) is 18.2 Å². The second-order valence-electron chi connectivity index (χ2n) is 5.65. The van der Waals surface area contributed by atoms with Crippen molar-refractivity contribution >= 4 is 21.8 Å². The fourth-order valence-electron chi connectivity index (χ4n) is 3.00. The molecule has 4 nitrogen and oxygen atoms in total. The average Bonchev–Trinajstić information content (AvgIpc) is 2.85. The summed E-state index contributed by atoms with van der Waals surface area (Å²) in [5, 5.41) is 0.992. The van der Waals surface area contributed by atoms with Crippen molar-refractivity contribution in [3.63, 3.8) is 0 Å². The normalized spacial score (nSPS) is 19.4. The lowest BCUT2D eigenvalue weighted by atomic mass is 10.1. The van der Waals surface area contributed by atoms with Crippen LogP contribution in [0.1, 0.15) is 27.9 Å². The van der Waals surface area contributed by atoms with Gasteiger partial charge < -0.3 is 14.5 Å². The number of hydrogen-bond donors (Lipinski definition) is 0. The van der Waals surface area contributed by atoms with Crippen LogP contribution >= 0.6 is 15.9 Å². The topological polar surface area (TPSA) is 32.8 Å². The third kappa shape index (κ3) is 3.47. The molecule has 0 aliphatic carbocycles. The molecule has 1 fully saturated rings. The van der Waals surface area contributed by atoms with Crippen LogP contribution in [0, 0.1) is 0 Å². The fourth-order valence-corrected chi connectivity index (χ4v) is 3.51. The highest BCUT2D eigenvalue weighted by molar-refractivity contribution is 9.09. The molecule has 1 amide bonds. The number of carbonyl (C=O) groups excluding carboxylic acids is 1. The molecule has 5 heteroatoms. The van der Waals surface area contributed by atoms with E-state index in [4.69, 9.17) is 4.74 Å². The second-order valence-corrected chi connectivity index (χ2v) is 6.45. The first-order chi connectivity index (χ1) is 10.3. The van der Waals surface area contributed by atoms with Crippen molar-refractivity contribution in [2.24, 2.45) is 0 Å². The molecule has 1 saturated heterocycles. The smallest absolute Gasteiger partial charge is 0.253 e. The van der Waals surface area contributed by atoms with Crippen molar-refractivity contribution in [3.05, 3.63) is 34.9 Å². The Balaban J connectivity index is 1.67. The molecule has 0 spiro atoms. The van der Waals surface area contributed by atoms with Crippen LogP contribution < -0.4 is 0 Å². The van der Waals surface area contributed by atoms with Gasteiger partial charge >= 0.3 is 0 Å². The van der Waals surface area contributed by atoms with Gasteiger partial charge in [-0.25, -0.2) is 0 Å². The van der Waals surface area contributed by atoms with Crippen LogP contribution in [0.5, 0.6) is 0 Å². The van der Waals surface area contributed by atoms with Gasteiger partial charge in [0, 0.05) is 37.1 Å². The minimum Gasteiger partial charge on any atom is -0.372 e. The summed E-state index contributed by atoms with van der Waals surface area (Å²) in [5.41, 5.74) is 3.18. The summed E-state index contributed by atoms with van der Waals surface area (Å²) < 4.78 is 5.42. The molecule has 2 heterocycles. The molecule has 0 unspecified atom stereocenters. The van der Waals surface area contributed by atoms with Gasteiger partial charge in [-0.2, -0.15) is 0 Å². The Labute approximate surface area is 134 Å². The molecule has 2 aliphatic heterocycles. The number of alkyl halides is 1. The summed E-state index contributed by atoms with van der Waals surface area (Å²) in [7, 11) is 0. The van der Waals surface area contributed by atoms with Crippen molar-refractivity contribution in [2.75, 3.05) is 38.1 Å². The minimum atomic E-state index is 0.158. The Bertz CT molecular complexity index is 521. The van der Waals surface area contributed by atoms with Crippen molar-refractivity contribution in [2.45, 2.75) is 19.6 Å². The van der Waals surface area contributed by atoms with Gasteiger partial charge in [0.25, 0.3) is 5.91 Å². The van der Waals surface area contributed by atoms with E-state index < -0.39 is 0 Å². The zero-order chi connectivity index (χ0) is 14.7. The van der Waals surface area contributed by atoms with Crippen LogP contribution in [-0.4, -0.2) is 53.8 Å². The van der Waals surface area contributed by atoms with E-state index in [1.165, 1.54) is 5.56 Å². The quantitative estimate of drug-likeness (QED) is 0.782. The molecule has 1 aromatic rings. The maximum absolute atomic E-state index is 12.7. The molecule has 0 radical (unpaired) electrons. The number of nitrogens with zero attached hydrogens (tertiary/aromatic N) is 2. The summed E-state index contributed by atoms with van der Waals surface area (Å²) in [6.45, 7) is 6.08. The van der Waals surface area contributed by atoms with Gasteiger partial charge in [-0.15, -0.1) is 0 Å². The van der Waals surface area contributed by atoms with E-state index in [2.05, 4.69) is 20.8 Å². The van der Waals surface area contributed by atoms with E-state index in [0.717, 1.165) is 55.6 Å². The molecule has 21 heavy (non-hydrogen) atoms. The van der Waals surface area contributed by atoms with Crippen LogP contribution in [0.25, 0.3) is 0 Å². The molecule has 0 N–H and O–H groups in total. The Kier molecular flexibility index (Phi) is 4.93. The van der Waals surface area contributed by atoms with Gasteiger partial charge in [0.05, 0.1) is 13.2 Å². The monoisotopic (exact) mass is 352 g/mol. The lowest BCUT2D eigenvalue weighted by molar-refractivity contribution is 0.0761. The van der Waals surface area contributed by atoms with Crippen molar-refractivity contribution in [1.29, 1.82) is 0 Å². The van der Waals surface area contributed by atoms with Gasteiger partial charge in [-0.05, 0) is 36.2 Å². The molecular weight excluding hydrogens is 332 g/mol. The maximum Gasteiger partial charge on any atom is 0.253 e. The van der Waals surface area contributed by atoms with E-state index in [0.29, 0.717) is 13.2 Å². The second kappa shape index (κ2) is 6.90. The van der Waals surface area contributed by atoms with E-state index in [1.807, 2.05) is 23.1 Å². The highest BCUT2D eigenvalue weighted by Gasteiger charge is 2.21. The number of carbonyl (C=O) groups is 1. The van der Waals surface area contributed by atoms with Crippen LogP contribution in [0.2, 0.25) is 0 Å². The summed E-state index contributed by atoms with van der Waals surface area (Å²) >= 11 is 3.49. The number of rotatable bonds is 3. The van der Waals surface area contributed by atoms with E-state index in [9.17, 15) is 4.79 Å². The summed E-state index contributed by atoms with van der Waals surface area (Å²) in [4.78, 5) is 17.1. The zero-order valence-electron chi connectivity index (χ0n) is 12.2. The van der Waals surface area contributed by atoms with Gasteiger partial charge in [-0.3, -0.25) is 4.79 Å². The zero-order valence-corrected chi connectivity index (χ0v) is 13.8. The highest BCUT2D eigenvalue weighted by atomic mass is 79.9. The number of ether oxygens (including phenoxy) is 1. The largest absolute Gasteiger partial charge is 0.372 e. The SMILES string of the molecule is O=C(c1ccc2c(c1)COC2)N1CCCN(CCBr)CC1. The average molecular weight is 353 g/mol. The molecule has 2 aliphatic rings. The number of halogens is 1. The third-order valence-corrected chi connectivity index (χ3v) is 4.60. The number of fused-ring (bicyclic) bond motifs is 1. The molecule has 114 valence electrons. The fraction of sp³-hybridized carbons (Fsp3) is 0.562. The third-order valence-electron chi connectivity index (χ3n) is 4.24. The molecular formula is C16H21BrN2O2. The highest BCUT2D eigenvalue weighted by Crippen LogP contribution is 2.22. The van der Waals surface area contributed by atoms with E-state index in [1.54, 1.807) is 0 Å². The van der Waals surface area contributed by atoms with Gasteiger partial charge in [0.2, 0.25) is 0 Å². The molecule has 0 aromatic heterocycles. The maximum atomic E-state index is 12.7. The number of hydrogen-bond acceptors (Lipinski definition) is 3. The van der Waals surface area contributed by atoms with E-state index >= 15 is 0 Å². The summed E-state index contributed by atoms with van der Waals surface area (Å²) in [6.07, 6.45) is 1.05. The van der Waals surface area contributed by atoms with Crippen LogP contribution in [0.4, 0.5) is 0 Å². The number of benzene rings is 1. The first kappa shape index (κ1) is 15.0. The van der Waals surface area contributed by atoms with Gasteiger partial charge in [0.15, 0.2) is 0 Å². The Morgan fingerprint density at radius 2 is 2.00 bits per heavy atom. The first-order valence-electron chi connectivity index (χ1n) is 7.55. The Morgan fingerprint density at radius 1 is 1.14 bits per heavy atom. The standard InChI is InChI=1S/C16H21BrN2O2/c17-4-7-18-5-1-6-19(9-8-18)16(20)13-2-3-14-11-21-12-15(14)10-13/h2-3,10H,1,4-9,11-12H2. The van der Waals surface area contributed by atoms with Crippen LogP contribution in [-0.2, 0) is 18.0 Å². The van der Waals surface area contributed by atoms with Crippen LogP contribution in [0.3, 0.4) is 0 Å². The minimum absolute atomic E-state index is 0.158. The summed E-state index contributed by atoms with van der Waals surface area (Å²) in [6, 6.07) is 5.98. The lowest BCUT2D eigenvalue weighted by Crippen LogP contribution is -2.35. The molecule has 1 aromatic carbocycles. The van der Waals surface area contributed by atoms with Crippen molar-refractivity contribution in [1.82, 2.24) is 9.80 Å². The van der Waals surface area contributed by atoms with E-state index in [-0.39, 0.29) is 5.91 Å². The summed E-state index contributed by atoms with van der Waals surface area (Å²) in [5.74, 6) is 0.158. The Hall–Kier alpha value is -0.910. The molecule has 0 saturated carbocycles. The predicted octanol–water partition coefficient (Wildman–Crippen LogP) is 2.26. The van der Waals surface area contributed by atoms with Crippen molar-refractivity contribution < 1.29 is 9.53 Å². The Morgan fingerprint density at radius 3 is 2.86 bits per heavy atom. The molecule has 0 bridgehead atoms. The lowest BCUT2D eigenvalue weighted by Gasteiger charge is -2.21. The molecule has 3 rings (SSSR count). The first-order valence-corrected chi connectivity index (χ1v) is 8.67. The van der Waals surface area contributed by atoms with Crippen molar-refractivity contribution in [3.8, 4) is 0 Å². The van der Waals surface area contributed by atoms with Gasteiger partial charge in [-0.1, -0.05) is 22.0 Å². The number of amides is 1. The van der Waals surface area contributed by atoms with Gasteiger partial charge in [0.1, 0.15) is 0 Å².